The molecule has 1 aliphatic carbocycles. The van der Waals surface area contributed by atoms with E-state index >= 15 is 0 Å². The molecular formula is C29H25NO7. The molecule has 0 unspecified atom stereocenters. The Hall–Kier alpha value is -4.85. The maximum Gasteiger partial charge on any atom is 0.407 e. The Morgan fingerprint density at radius 1 is 0.838 bits per heavy atom. The minimum absolute atomic E-state index is 0.0421. The number of carbonyl (C=O) groups excluding carboxylic acids is 1. The third-order valence-corrected chi connectivity index (χ3v) is 5.83. The molecule has 188 valence electrons. The van der Waals surface area contributed by atoms with Gasteiger partial charge in [0.15, 0.2) is 0 Å². The summed E-state index contributed by atoms with van der Waals surface area (Å²) >= 11 is 0. The molecule has 0 saturated carbocycles. The van der Waals surface area contributed by atoms with Crippen LogP contribution in [0.5, 0.6) is 5.75 Å². The van der Waals surface area contributed by atoms with Crippen LogP contribution in [0.2, 0.25) is 0 Å². The number of carboxylic acid groups (broad SMARTS) is 2. The molecule has 1 aliphatic rings. The van der Waals surface area contributed by atoms with Crippen molar-refractivity contribution >= 4 is 30.2 Å². The number of amides is 1. The summed E-state index contributed by atoms with van der Waals surface area (Å²) in [6.07, 6.45) is 4.17. The Kier molecular flexibility index (Phi) is 8.00. The van der Waals surface area contributed by atoms with Gasteiger partial charge < -0.3 is 25.0 Å². The van der Waals surface area contributed by atoms with Crippen molar-refractivity contribution in [2.24, 2.45) is 0 Å². The van der Waals surface area contributed by atoms with E-state index in [1.54, 1.807) is 18.2 Å². The second kappa shape index (κ2) is 11.7. The average Bonchev–Trinajstić information content (AvgIpc) is 3.21. The zero-order chi connectivity index (χ0) is 26.2. The first-order chi connectivity index (χ1) is 17.9. The highest BCUT2D eigenvalue weighted by molar-refractivity contribution is 5.87. The summed E-state index contributed by atoms with van der Waals surface area (Å²) in [7, 11) is 0. The fourth-order valence-electron chi connectivity index (χ4n) is 4.21. The molecule has 0 spiro atoms. The molecule has 0 radical (unpaired) electrons. The monoisotopic (exact) mass is 499 g/mol. The molecule has 0 heterocycles. The minimum atomic E-state index is -1.11. The van der Waals surface area contributed by atoms with Gasteiger partial charge in [-0.1, -0.05) is 60.7 Å². The lowest BCUT2D eigenvalue weighted by atomic mass is 9.98. The van der Waals surface area contributed by atoms with Crippen LogP contribution in [0.3, 0.4) is 0 Å². The molecule has 0 fully saturated rings. The van der Waals surface area contributed by atoms with Crippen LogP contribution in [0.1, 0.15) is 28.2 Å². The van der Waals surface area contributed by atoms with Crippen molar-refractivity contribution in [1.82, 2.24) is 5.32 Å². The Balaban J connectivity index is 1.33. The van der Waals surface area contributed by atoms with E-state index in [-0.39, 0.29) is 25.7 Å². The number of hydrogen-bond donors (Lipinski definition) is 3. The van der Waals surface area contributed by atoms with Crippen molar-refractivity contribution in [1.29, 1.82) is 0 Å². The van der Waals surface area contributed by atoms with Gasteiger partial charge in [-0.05, 0) is 46.0 Å². The molecule has 0 aliphatic heterocycles. The SMILES string of the molecule is O=C(O)/C=C/c1ccc(/C=C/C(=O)O)c(OCCNC(=O)OCC2c3ccccc3-c3ccccc32)c1. The molecule has 3 aromatic carbocycles. The Bertz CT molecular complexity index is 1330. The zero-order valence-corrected chi connectivity index (χ0v) is 19.8. The second-order valence-electron chi connectivity index (χ2n) is 8.24. The zero-order valence-electron chi connectivity index (χ0n) is 19.8. The van der Waals surface area contributed by atoms with E-state index in [9.17, 15) is 14.4 Å². The van der Waals surface area contributed by atoms with E-state index in [1.165, 1.54) is 12.2 Å². The molecule has 4 rings (SSSR count). The van der Waals surface area contributed by atoms with Crippen LogP contribution in [0.4, 0.5) is 4.79 Å². The molecular weight excluding hydrogens is 474 g/mol. The first kappa shape index (κ1) is 25.2. The standard InChI is InChI=1S/C29H25NO7/c31-27(32)13-10-19-9-11-20(12-14-28(33)34)26(17-19)36-16-15-30-29(35)37-18-25-23-7-3-1-5-21(23)22-6-2-4-8-24(22)25/h1-14,17,25H,15-16,18H2,(H,30,35)(H,31,32)(H,33,34)/b13-10+,14-12+. The summed E-state index contributed by atoms with van der Waals surface area (Å²) in [5.74, 6) is -1.90. The topological polar surface area (TPSA) is 122 Å². The first-order valence-electron chi connectivity index (χ1n) is 11.6. The van der Waals surface area contributed by atoms with Crippen molar-refractivity contribution in [2.45, 2.75) is 5.92 Å². The summed E-state index contributed by atoms with van der Waals surface area (Å²) < 4.78 is 11.2. The van der Waals surface area contributed by atoms with Gasteiger partial charge in [-0.2, -0.15) is 0 Å². The van der Waals surface area contributed by atoms with Crippen LogP contribution in [-0.4, -0.2) is 48.0 Å². The van der Waals surface area contributed by atoms with Crippen LogP contribution in [0.15, 0.2) is 78.9 Å². The van der Waals surface area contributed by atoms with Crippen LogP contribution < -0.4 is 10.1 Å². The molecule has 0 atom stereocenters. The van der Waals surface area contributed by atoms with Gasteiger partial charge in [-0.3, -0.25) is 0 Å². The number of aliphatic carboxylic acids is 2. The van der Waals surface area contributed by atoms with Gasteiger partial charge in [0.2, 0.25) is 0 Å². The molecule has 8 nitrogen and oxygen atoms in total. The second-order valence-corrected chi connectivity index (χ2v) is 8.24. The molecule has 37 heavy (non-hydrogen) atoms. The predicted molar refractivity (Wildman–Crippen MR) is 138 cm³/mol. The smallest absolute Gasteiger partial charge is 0.407 e. The van der Waals surface area contributed by atoms with E-state index < -0.39 is 18.0 Å². The molecule has 3 aromatic rings. The molecule has 0 bridgehead atoms. The van der Waals surface area contributed by atoms with Crippen LogP contribution in [-0.2, 0) is 14.3 Å². The number of nitrogens with one attached hydrogen (secondary N) is 1. The summed E-state index contributed by atoms with van der Waals surface area (Å²) in [6, 6.07) is 21.0. The third kappa shape index (κ3) is 6.43. The number of carbonyl (C=O) groups is 3. The molecule has 8 heteroatoms. The van der Waals surface area contributed by atoms with Gasteiger partial charge in [0, 0.05) is 23.6 Å². The van der Waals surface area contributed by atoms with Gasteiger partial charge in [-0.15, -0.1) is 0 Å². The summed E-state index contributed by atoms with van der Waals surface area (Å²) in [5.41, 5.74) is 5.60. The molecule has 0 aromatic heterocycles. The number of hydrogen-bond acceptors (Lipinski definition) is 5. The van der Waals surface area contributed by atoms with E-state index in [0.29, 0.717) is 16.9 Å². The summed E-state index contributed by atoms with van der Waals surface area (Å²) in [6.45, 7) is 0.432. The summed E-state index contributed by atoms with van der Waals surface area (Å²) in [4.78, 5) is 34.0. The number of rotatable bonds is 10. The quantitative estimate of drug-likeness (QED) is 0.271. The maximum atomic E-state index is 12.4. The Morgan fingerprint density at radius 2 is 1.46 bits per heavy atom. The lowest BCUT2D eigenvalue weighted by Crippen LogP contribution is -2.30. The van der Waals surface area contributed by atoms with Crippen molar-refractivity contribution in [2.75, 3.05) is 19.8 Å². The largest absolute Gasteiger partial charge is 0.491 e. The highest BCUT2D eigenvalue weighted by Gasteiger charge is 2.28. The van der Waals surface area contributed by atoms with Gasteiger partial charge >= 0.3 is 18.0 Å². The molecule has 3 N–H and O–H groups in total. The van der Waals surface area contributed by atoms with E-state index in [0.717, 1.165) is 34.4 Å². The number of carboxylic acids is 2. The molecule has 1 amide bonds. The Labute approximate surface area is 213 Å². The van der Waals surface area contributed by atoms with E-state index in [2.05, 4.69) is 17.4 Å². The number of fused-ring (bicyclic) bond motifs is 3. The van der Waals surface area contributed by atoms with Gasteiger partial charge in [0.1, 0.15) is 19.0 Å². The number of alkyl carbamates (subject to hydrolysis) is 1. The van der Waals surface area contributed by atoms with Crippen molar-refractivity contribution < 1.29 is 34.1 Å². The van der Waals surface area contributed by atoms with Crippen molar-refractivity contribution in [3.63, 3.8) is 0 Å². The van der Waals surface area contributed by atoms with Gasteiger partial charge in [0.05, 0.1) is 6.54 Å². The average molecular weight is 500 g/mol. The number of benzene rings is 3. The Morgan fingerprint density at radius 3 is 2.11 bits per heavy atom. The first-order valence-corrected chi connectivity index (χ1v) is 11.6. The van der Waals surface area contributed by atoms with Gasteiger partial charge in [0.25, 0.3) is 0 Å². The minimum Gasteiger partial charge on any atom is -0.491 e. The fourth-order valence-corrected chi connectivity index (χ4v) is 4.21. The predicted octanol–water partition coefficient (Wildman–Crippen LogP) is 4.80. The van der Waals surface area contributed by atoms with Crippen LogP contribution >= 0.6 is 0 Å². The van der Waals surface area contributed by atoms with Gasteiger partial charge in [-0.25, -0.2) is 14.4 Å². The van der Waals surface area contributed by atoms with Crippen molar-refractivity contribution in [3.05, 3.63) is 101 Å². The maximum absolute atomic E-state index is 12.4. The van der Waals surface area contributed by atoms with Crippen LogP contribution in [0.25, 0.3) is 23.3 Å². The van der Waals surface area contributed by atoms with E-state index in [1.807, 2.05) is 36.4 Å². The molecule has 0 saturated heterocycles. The summed E-state index contributed by atoms with van der Waals surface area (Å²) in [5, 5.41) is 20.4. The highest BCUT2D eigenvalue weighted by Crippen LogP contribution is 2.44. The van der Waals surface area contributed by atoms with Crippen LogP contribution in [0, 0.1) is 0 Å². The fraction of sp³-hybridized carbons (Fsp3) is 0.138. The third-order valence-electron chi connectivity index (χ3n) is 5.83. The van der Waals surface area contributed by atoms with Crippen molar-refractivity contribution in [3.8, 4) is 16.9 Å². The highest BCUT2D eigenvalue weighted by atomic mass is 16.5. The lowest BCUT2D eigenvalue weighted by Gasteiger charge is -2.15. The lowest BCUT2D eigenvalue weighted by molar-refractivity contribution is -0.132. The normalized spacial score (nSPS) is 12.3. The number of ether oxygens (including phenoxy) is 2. The van der Waals surface area contributed by atoms with E-state index in [4.69, 9.17) is 19.7 Å².